The molecule has 0 radical (unpaired) electrons. The molecule has 0 atom stereocenters. The van der Waals surface area contributed by atoms with E-state index in [1.807, 2.05) is 0 Å². The Hall–Kier alpha value is -2.84. The van der Waals surface area contributed by atoms with Gasteiger partial charge in [-0.15, -0.1) is 0 Å². The van der Waals surface area contributed by atoms with E-state index in [0.717, 1.165) is 0 Å². The van der Waals surface area contributed by atoms with E-state index in [1.54, 1.807) is 0 Å². The van der Waals surface area contributed by atoms with Gasteiger partial charge in [-0.25, -0.2) is 14.2 Å². The molecule has 0 aliphatic carbocycles. The van der Waals surface area contributed by atoms with Crippen molar-refractivity contribution in [2.24, 2.45) is 0 Å². The van der Waals surface area contributed by atoms with Crippen LogP contribution in [0.2, 0.25) is 0 Å². The normalized spacial score (nSPS) is 10.6. The third-order valence-electron chi connectivity index (χ3n) is 2.44. The number of halogens is 2. The van der Waals surface area contributed by atoms with Crippen molar-refractivity contribution < 1.29 is 28.0 Å². The number of rotatable bonds is 3. The number of aromatic nitrogens is 1. The molecule has 0 amide bonds. The number of nitro benzene ring substituents is 1. The fraction of sp³-hybridized carbons (Fsp3) is 0.0909. The number of nitrogens with zero attached hydrogens (tertiary/aromatic N) is 2. The average molecular weight is 284 g/mol. The molecule has 0 saturated carbocycles. The first-order valence-electron chi connectivity index (χ1n) is 5.15. The van der Waals surface area contributed by atoms with Gasteiger partial charge >= 0.3 is 11.7 Å². The van der Waals surface area contributed by atoms with Gasteiger partial charge in [-0.3, -0.25) is 10.1 Å². The quantitative estimate of drug-likeness (QED) is 0.685. The van der Waals surface area contributed by atoms with Gasteiger partial charge in [-0.2, -0.15) is 4.39 Å². The van der Waals surface area contributed by atoms with Crippen LogP contribution in [0.4, 0.5) is 14.5 Å². The van der Waals surface area contributed by atoms with Crippen molar-refractivity contribution in [3.8, 4) is 11.5 Å². The van der Waals surface area contributed by atoms with Crippen molar-refractivity contribution in [2.75, 3.05) is 0 Å². The van der Waals surface area contributed by atoms with Crippen LogP contribution in [0.15, 0.2) is 16.5 Å². The second-order valence-electron chi connectivity index (χ2n) is 3.78. The molecular weight excluding hydrogens is 278 g/mol. The van der Waals surface area contributed by atoms with E-state index in [9.17, 15) is 23.7 Å². The first kappa shape index (κ1) is 13.6. The van der Waals surface area contributed by atoms with Crippen molar-refractivity contribution in [3.63, 3.8) is 0 Å². The van der Waals surface area contributed by atoms with Crippen molar-refractivity contribution in [1.82, 2.24) is 4.98 Å². The van der Waals surface area contributed by atoms with Gasteiger partial charge in [0.2, 0.25) is 17.5 Å². The second-order valence-corrected chi connectivity index (χ2v) is 3.78. The first-order chi connectivity index (χ1) is 9.31. The Bertz CT molecular complexity index is 726. The van der Waals surface area contributed by atoms with E-state index in [1.165, 1.54) is 6.92 Å². The molecule has 1 aromatic carbocycles. The average Bonchev–Trinajstić information content (AvgIpc) is 2.73. The molecule has 2 aromatic rings. The summed E-state index contributed by atoms with van der Waals surface area (Å²) in [5.74, 6) is -4.95. The summed E-state index contributed by atoms with van der Waals surface area (Å²) in [4.78, 5) is 23.9. The Kier molecular flexibility index (Phi) is 3.18. The maximum Gasteiger partial charge on any atom is 0.373 e. The Morgan fingerprint density at radius 3 is 2.60 bits per heavy atom. The predicted molar refractivity (Wildman–Crippen MR) is 60.2 cm³/mol. The number of carboxylic acid groups (broad SMARTS) is 1. The molecule has 0 fully saturated rings. The second kappa shape index (κ2) is 4.68. The van der Waals surface area contributed by atoms with Crippen LogP contribution < -0.4 is 0 Å². The number of carboxylic acids is 1. The third-order valence-corrected chi connectivity index (χ3v) is 2.44. The Labute approximate surface area is 109 Å². The van der Waals surface area contributed by atoms with E-state index in [0.29, 0.717) is 12.1 Å². The molecule has 1 N–H and O–H groups in total. The SMILES string of the molecule is Cc1nc(-c2cc(F)cc([N+](=O)[O-])c2F)oc1C(=O)O. The van der Waals surface area contributed by atoms with Crippen LogP contribution >= 0.6 is 0 Å². The van der Waals surface area contributed by atoms with Crippen LogP contribution in [0, 0.1) is 28.7 Å². The summed E-state index contributed by atoms with van der Waals surface area (Å²) in [7, 11) is 0. The monoisotopic (exact) mass is 284 g/mol. The highest BCUT2D eigenvalue weighted by Crippen LogP contribution is 2.31. The molecule has 1 aromatic heterocycles. The summed E-state index contributed by atoms with van der Waals surface area (Å²) in [6.45, 7) is 1.29. The Morgan fingerprint density at radius 2 is 2.10 bits per heavy atom. The smallest absolute Gasteiger partial charge is 0.373 e. The summed E-state index contributed by atoms with van der Waals surface area (Å²) in [5, 5.41) is 19.4. The molecule has 2 rings (SSSR count). The van der Waals surface area contributed by atoms with E-state index >= 15 is 0 Å². The number of nitro groups is 1. The lowest BCUT2D eigenvalue weighted by atomic mass is 10.2. The van der Waals surface area contributed by atoms with E-state index in [4.69, 9.17) is 9.52 Å². The van der Waals surface area contributed by atoms with Gasteiger partial charge in [-0.05, 0) is 13.0 Å². The van der Waals surface area contributed by atoms with Gasteiger partial charge < -0.3 is 9.52 Å². The fourth-order valence-electron chi connectivity index (χ4n) is 1.57. The van der Waals surface area contributed by atoms with Gasteiger partial charge in [0, 0.05) is 0 Å². The zero-order chi connectivity index (χ0) is 15.0. The van der Waals surface area contributed by atoms with Gasteiger partial charge in [0.15, 0.2) is 0 Å². The molecule has 0 aliphatic heterocycles. The highest BCUT2D eigenvalue weighted by Gasteiger charge is 2.25. The van der Waals surface area contributed by atoms with Crippen LogP contribution in [0.5, 0.6) is 0 Å². The van der Waals surface area contributed by atoms with Crippen molar-refractivity contribution in [2.45, 2.75) is 6.92 Å². The Balaban J connectivity index is 2.67. The maximum atomic E-state index is 13.9. The number of aryl methyl sites for hydroxylation is 1. The van der Waals surface area contributed by atoms with Crippen LogP contribution in [0.3, 0.4) is 0 Å². The zero-order valence-electron chi connectivity index (χ0n) is 9.89. The number of benzene rings is 1. The number of oxazole rings is 1. The number of hydrogen-bond donors (Lipinski definition) is 1. The van der Waals surface area contributed by atoms with Crippen molar-refractivity contribution in [1.29, 1.82) is 0 Å². The van der Waals surface area contributed by atoms with E-state index in [-0.39, 0.29) is 5.69 Å². The molecule has 1 heterocycles. The largest absolute Gasteiger partial charge is 0.475 e. The number of hydrogen-bond acceptors (Lipinski definition) is 5. The topological polar surface area (TPSA) is 106 Å². The molecule has 0 spiro atoms. The summed E-state index contributed by atoms with van der Waals surface area (Å²) in [6, 6.07) is 1.05. The summed E-state index contributed by atoms with van der Waals surface area (Å²) in [5.41, 5.74) is -1.76. The summed E-state index contributed by atoms with van der Waals surface area (Å²) < 4.78 is 31.9. The minimum absolute atomic E-state index is 0.0567. The molecule has 0 unspecified atom stereocenters. The highest BCUT2D eigenvalue weighted by molar-refractivity contribution is 5.86. The molecule has 0 bridgehead atoms. The molecule has 0 saturated heterocycles. The Morgan fingerprint density at radius 1 is 1.45 bits per heavy atom. The fourth-order valence-corrected chi connectivity index (χ4v) is 1.57. The minimum Gasteiger partial charge on any atom is -0.475 e. The first-order valence-corrected chi connectivity index (χ1v) is 5.15. The molecule has 20 heavy (non-hydrogen) atoms. The standard InChI is InChI=1S/C11H6F2N2O5/c1-4-9(11(16)17)20-10(14-4)6-2-5(12)3-7(8(6)13)15(18)19/h2-3H,1H3,(H,16,17). The summed E-state index contributed by atoms with van der Waals surface area (Å²) >= 11 is 0. The molecular formula is C11H6F2N2O5. The van der Waals surface area contributed by atoms with E-state index < -0.39 is 45.4 Å². The van der Waals surface area contributed by atoms with Crippen molar-refractivity contribution >= 4 is 11.7 Å². The van der Waals surface area contributed by atoms with Gasteiger partial charge in [0.05, 0.1) is 22.2 Å². The van der Waals surface area contributed by atoms with E-state index in [2.05, 4.69) is 4.98 Å². The lowest BCUT2D eigenvalue weighted by Gasteiger charge is -2.00. The minimum atomic E-state index is -1.44. The van der Waals surface area contributed by atoms with Gasteiger partial charge in [0.1, 0.15) is 5.82 Å². The van der Waals surface area contributed by atoms with Crippen LogP contribution in [0.1, 0.15) is 16.2 Å². The molecule has 7 nitrogen and oxygen atoms in total. The summed E-state index contributed by atoms with van der Waals surface area (Å²) in [6.07, 6.45) is 0. The van der Waals surface area contributed by atoms with Crippen LogP contribution in [-0.4, -0.2) is 21.0 Å². The molecule has 9 heteroatoms. The van der Waals surface area contributed by atoms with Crippen LogP contribution in [0.25, 0.3) is 11.5 Å². The molecule has 104 valence electrons. The molecule has 0 aliphatic rings. The van der Waals surface area contributed by atoms with Crippen LogP contribution in [-0.2, 0) is 0 Å². The lowest BCUT2D eigenvalue weighted by Crippen LogP contribution is -1.97. The number of aromatic carboxylic acids is 1. The predicted octanol–water partition coefficient (Wildman–Crippen LogP) is 2.53. The highest BCUT2D eigenvalue weighted by atomic mass is 19.1. The van der Waals surface area contributed by atoms with Gasteiger partial charge in [0.25, 0.3) is 0 Å². The third kappa shape index (κ3) is 2.20. The van der Waals surface area contributed by atoms with Gasteiger partial charge in [-0.1, -0.05) is 0 Å². The maximum absolute atomic E-state index is 13.9. The number of carbonyl (C=O) groups is 1. The lowest BCUT2D eigenvalue weighted by molar-refractivity contribution is -0.387. The zero-order valence-corrected chi connectivity index (χ0v) is 9.89. The van der Waals surface area contributed by atoms with Crippen molar-refractivity contribution in [3.05, 3.63) is 45.3 Å².